The van der Waals surface area contributed by atoms with E-state index in [1.54, 1.807) is 10.5 Å². The predicted octanol–water partition coefficient (Wildman–Crippen LogP) is 1.73. The van der Waals surface area contributed by atoms with E-state index < -0.39 is 0 Å². The molecule has 0 N–H and O–H groups in total. The summed E-state index contributed by atoms with van der Waals surface area (Å²) in [4.78, 5) is 19.4. The lowest BCUT2D eigenvalue weighted by molar-refractivity contribution is -0.111. The van der Waals surface area contributed by atoms with Gasteiger partial charge in [0.1, 0.15) is 5.65 Å². The molecule has 0 bridgehead atoms. The molecule has 1 unspecified atom stereocenters. The van der Waals surface area contributed by atoms with Crippen LogP contribution in [0.4, 0.5) is 0 Å². The van der Waals surface area contributed by atoms with Gasteiger partial charge in [0.15, 0.2) is 6.29 Å². The van der Waals surface area contributed by atoms with Crippen LogP contribution in [0.15, 0.2) is 29.2 Å². The second kappa shape index (κ2) is 6.63. The Morgan fingerprint density at radius 3 is 2.92 bits per heavy atom. The molecular weight excluding hydrogens is 306 g/mol. The summed E-state index contributed by atoms with van der Waals surface area (Å²) in [7, 11) is 0. The Hall–Kier alpha value is -1.76. The van der Waals surface area contributed by atoms with Gasteiger partial charge < -0.3 is 9.47 Å². The van der Waals surface area contributed by atoms with Crippen LogP contribution in [0, 0.1) is 6.92 Å². The van der Waals surface area contributed by atoms with E-state index in [9.17, 15) is 4.79 Å². The zero-order valence-electron chi connectivity index (χ0n) is 14.0. The molecule has 0 aliphatic carbocycles. The van der Waals surface area contributed by atoms with Crippen LogP contribution in [0.1, 0.15) is 30.5 Å². The van der Waals surface area contributed by atoms with Crippen molar-refractivity contribution in [2.75, 3.05) is 19.8 Å². The van der Waals surface area contributed by atoms with Gasteiger partial charge in [-0.05, 0) is 37.9 Å². The molecule has 6 heteroatoms. The van der Waals surface area contributed by atoms with Crippen molar-refractivity contribution in [2.24, 2.45) is 0 Å². The smallest absolute Gasteiger partial charge is 0.258 e. The molecule has 2 saturated heterocycles. The molecule has 2 aliphatic rings. The Labute approximate surface area is 141 Å². The largest absolute Gasteiger partial charge is 0.349 e. The molecule has 2 fully saturated rings. The fourth-order valence-electron chi connectivity index (χ4n) is 3.67. The molecule has 128 valence electrons. The third-order valence-corrected chi connectivity index (χ3v) is 4.85. The van der Waals surface area contributed by atoms with Gasteiger partial charge >= 0.3 is 0 Å². The van der Waals surface area contributed by atoms with Crippen LogP contribution in [0.25, 0.3) is 5.65 Å². The molecule has 4 heterocycles. The number of fused-ring (bicyclic) bond motifs is 1. The topological polar surface area (TPSA) is 56.1 Å². The lowest BCUT2D eigenvalue weighted by Gasteiger charge is -2.37. The fraction of sp³-hybridized carbons (Fsp3) is 0.556. The van der Waals surface area contributed by atoms with Gasteiger partial charge in [-0.3, -0.25) is 14.1 Å². The van der Waals surface area contributed by atoms with Gasteiger partial charge in [-0.15, -0.1) is 0 Å². The second-order valence-corrected chi connectivity index (χ2v) is 6.66. The van der Waals surface area contributed by atoms with Crippen LogP contribution in [-0.2, 0) is 16.0 Å². The maximum Gasteiger partial charge on any atom is 0.258 e. The molecule has 6 nitrogen and oxygen atoms in total. The minimum Gasteiger partial charge on any atom is -0.349 e. The van der Waals surface area contributed by atoms with Crippen molar-refractivity contribution in [1.29, 1.82) is 0 Å². The molecule has 0 spiro atoms. The number of aryl methyl sites for hydroxylation is 1. The minimum absolute atomic E-state index is 0.0272. The normalized spacial score (nSPS) is 23.1. The standard InChI is InChI=1S/C18H23N3O3/c1-13-5-6-16-19-14(10-17(22)21(16)11-13)12-20-7-3-2-4-15(20)18-23-8-9-24-18/h5-6,10-11,15,18H,2-4,7-9,12H2,1H3. The van der Waals surface area contributed by atoms with E-state index in [1.807, 2.05) is 25.3 Å². The Bertz CT molecular complexity index is 783. The summed E-state index contributed by atoms with van der Waals surface area (Å²) < 4.78 is 13.0. The van der Waals surface area contributed by atoms with E-state index in [-0.39, 0.29) is 17.9 Å². The number of ether oxygens (including phenoxy) is 2. The summed E-state index contributed by atoms with van der Waals surface area (Å²) >= 11 is 0. The van der Waals surface area contributed by atoms with E-state index in [0.29, 0.717) is 25.4 Å². The van der Waals surface area contributed by atoms with Gasteiger partial charge in [0.05, 0.1) is 24.9 Å². The highest BCUT2D eigenvalue weighted by molar-refractivity contribution is 5.39. The van der Waals surface area contributed by atoms with Crippen LogP contribution < -0.4 is 5.56 Å². The zero-order valence-corrected chi connectivity index (χ0v) is 14.0. The van der Waals surface area contributed by atoms with Gasteiger partial charge in [0.2, 0.25) is 0 Å². The molecule has 2 aromatic heterocycles. The highest BCUT2D eigenvalue weighted by Gasteiger charge is 2.33. The Morgan fingerprint density at radius 2 is 2.08 bits per heavy atom. The summed E-state index contributed by atoms with van der Waals surface area (Å²) in [5.41, 5.74) is 2.53. The molecule has 0 amide bonds. The highest BCUT2D eigenvalue weighted by atomic mass is 16.7. The average molecular weight is 329 g/mol. The molecule has 0 aromatic carbocycles. The first-order valence-electron chi connectivity index (χ1n) is 8.67. The molecular formula is C18H23N3O3. The molecule has 1 atom stereocenters. The van der Waals surface area contributed by atoms with Crippen LogP contribution >= 0.6 is 0 Å². The van der Waals surface area contributed by atoms with E-state index in [0.717, 1.165) is 30.6 Å². The first kappa shape index (κ1) is 15.7. The van der Waals surface area contributed by atoms with E-state index >= 15 is 0 Å². The molecule has 24 heavy (non-hydrogen) atoms. The zero-order chi connectivity index (χ0) is 16.5. The van der Waals surface area contributed by atoms with E-state index in [1.165, 1.54) is 6.42 Å². The van der Waals surface area contributed by atoms with Gasteiger partial charge in [0, 0.05) is 18.8 Å². The highest BCUT2D eigenvalue weighted by Crippen LogP contribution is 2.25. The van der Waals surface area contributed by atoms with Gasteiger partial charge in [-0.2, -0.15) is 0 Å². The summed E-state index contributed by atoms with van der Waals surface area (Å²) in [6.45, 7) is 4.96. The molecule has 2 aromatic rings. The minimum atomic E-state index is -0.144. The average Bonchev–Trinajstić information content (AvgIpc) is 3.10. The van der Waals surface area contributed by atoms with Crippen molar-refractivity contribution in [2.45, 2.75) is 45.1 Å². The molecule has 0 radical (unpaired) electrons. The number of rotatable bonds is 3. The second-order valence-electron chi connectivity index (χ2n) is 6.66. The maximum absolute atomic E-state index is 12.4. The number of likely N-dealkylation sites (tertiary alicyclic amines) is 1. The Balaban J connectivity index is 1.60. The summed E-state index contributed by atoms with van der Waals surface area (Å²) in [6.07, 6.45) is 5.11. The number of aromatic nitrogens is 2. The van der Waals surface area contributed by atoms with Crippen molar-refractivity contribution in [3.8, 4) is 0 Å². The molecule has 2 aliphatic heterocycles. The number of hydrogen-bond acceptors (Lipinski definition) is 5. The number of hydrogen-bond donors (Lipinski definition) is 0. The monoisotopic (exact) mass is 329 g/mol. The number of pyridine rings is 1. The van der Waals surface area contributed by atoms with Crippen molar-refractivity contribution in [3.05, 3.63) is 46.0 Å². The third-order valence-electron chi connectivity index (χ3n) is 4.85. The van der Waals surface area contributed by atoms with E-state index in [2.05, 4.69) is 9.88 Å². The van der Waals surface area contributed by atoms with E-state index in [4.69, 9.17) is 9.47 Å². The predicted molar refractivity (Wildman–Crippen MR) is 89.9 cm³/mol. The third kappa shape index (κ3) is 3.09. The Kier molecular flexibility index (Phi) is 4.35. The van der Waals surface area contributed by atoms with Gasteiger partial charge in [0.25, 0.3) is 5.56 Å². The molecule has 4 rings (SSSR count). The van der Waals surface area contributed by atoms with Crippen molar-refractivity contribution < 1.29 is 9.47 Å². The van der Waals surface area contributed by atoms with Crippen LogP contribution in [0.2, 0.25) is 0 Å². The lowest BCUT2D eigenvalue weighted by atomic mass is 10.0. The van der Waals surface area contributed by atoms with Gasteiger partial charge in [-0.25, -0.2) is 4.98 Å². The summed E-state index contributed by atoms with van der Waals surface area (Å²) in [5.74, 6) is 0. The number of nitrogens with zero attached hydrogens (tertiary/aromatic N) is 3. The SMILES string of the molecule is Cc1ccc2nc(CN3CCCCC3C3OCCO3)cc(=O)n2c1. The van der Waals surface area contributed by atoms with Crippen molar-refractivity contribution in [1.82, 2.24) is 14.3 Å². The van der Waals surface area contributed by atoms with Crippen LogP contribution in [0.3, 0.4) is 0 Å². The quantitative estimate of drug-likeness (QED) is 0.858. The summed E-state index contributed by atoms with van der Waals surface area (Å²) in [6, 6.07) is 5.78. The first-order chi connectivity index (χ1) is 11.7. The van der Waals surface area contributed by atoms with Gasteiger partial charge in [-0.1, -0.05) is 12.5 Å². The van der Waals surface area contributed by atoms with Crippen molar-refractivity contribution in [3.63, 3.8) is 0 Å². The van der Waals surface area contributed by atoms with Crippen LogP contribution in [-0.4, -0.2) is 46.4 Å². The summed E-state index contributed by atoms with van der Waals surface area (Å²) in [5, 5.41) is 0. The Morgan fingerprint density at radius 1 is 1.25 bits per heavy atom. The van der Waals surface area contributed by atoms with Crippen LogP contribution in [0.5, 0.6) is 0 Å². The fourth-order valence-corrected chi connectivity index (χ4v) is 3.67. The molecule has 0 saturated carbocycles. The first-order valence-corrected chi connectivity index (χ1v) is 8.67. The maximum atomic E-state index is 12.4. The lowest BCUT2D eigenvalue weighted by Crippen LogP contribution is -2.47. The van der Waals surface area contributed by atoms with Crippen molar-refractivity contribution >= 4 is 5.65 Å². The number of piperidine rings is 1.